The summed E-state index contributed by atoms with van der Waals surface area (Å²) in [7, 11) is 0. The molecule has 1 aliphatic heterocycles. The highest BCUT2D eigenvalue weighted by atomic mass is 16.5. The Morgan fingerprint density at radius 2 is 1.93 bits per heavy atom. The van der Waals surface area contributed by atoms with E-state index in [2.05, 4.69) is 19.2 Å². The second kappa shape index (κ2) is 9.14. The van der Waals surface area contributed by atoms with Crippen molar-refractivity contribution in [3.05, 3.63) is 57.9 Å². The molecular weight excluding hydrogens is 380 g/mol. The minimum atomic E-state index is -0.471. The number of hydrogen-bond donors (Lipinski definition) is 2. The van der Waals surface area contributed by atoms with E-state index in [0.717, 1.165) is 23.2 Å². The Morgan fingerprint density at radius 1 is 1.23 bits per heavy atom. The summed E-state index contributed by atoms with van der Waals surface area (Å²) < 4.78 is 11.1. The second-order valence-electron chi connectivity index (χ2n) is 8.76. The van der Waals surface area contributed by atoms with Crippen LogP contribution in [0.15, 0.2) is 46.8 Å². The van der Waals surface area contributed by atoms with Crippen molar-refractivity contribution in [2.75, 3.05) is 26.4 Å². The fourth-order valence-electron chi connectivity index (χ4n) is 4.26. The Balaban J connectivity index is 2.16. The van der Waals surface area contributed by atoms with E-state index in [1.807, 2.05) is 31.2 Å². The Morgan fingerprint density at radius 3 is 2.57 bits per heavy atom. The molecule has 6 nitrogen and oxygen atoms in total. The Bertz CT molecular complexity index is 881. The van der Waals surface area contributed by atoms with E-state index in [1.54, 1.807) is 6.92 Å². The van der Waals surface area contributed by atoms with Crippen LogP contribution in [-0.2, 0) is 19.1 Å². The first-order chi connectivity index (χ1) is 14.3. The van der Waals surface area contributed by atoms with Gasteiger partial charge < -0.3 is 20.5 Å². The third-order valence-electron chi connectivity index (χ3n) is 5.54. The highest BCUT2D eigenvalue weighted by Gasteiger charge is 2.43. The number of ether oxygens (including phenoxy) is 2. The summed E-state index contributed by atoms with van der Waals surface area (Å²) in [5.74, 6) is -0.824. The maximum atomic E-state index is 13.3. The average Bonchev–Trinajstić information content (AvgIpc) is 2.67. The largest absolute Gasteiger partial charge is 0.463 e. The lowest BCUT2D eigenvalue weighted by Crippen LogP contribution is -2.40. The van der Waals surface area contributed by atoms with Crippen LogP contribution in [0.2, 0.25) is 0 Å². The zero-order valence-electron chi connectivity index (χ0n) is 18.3. The van der Waals surface area contributed by atoms with Gasteiger partial charge in [0.1, 0.15) is 0 Å². The molecule has 0 saturated carbocycles. The molecule has 1 unspecified atom stereocenters. The smallest absolute Gasteiger partial charge is 0.336 e. The monoisotopic (exact) mass is 412 g/mol. The van der Waals surface area contributed by atoms with Gasteiger partial charge in [-0.05, 0) is 31.2 Å². The molecule has 6 heteroatoms. The minimum Gasteiger partial charge on any atom is -0.463 e. The molecule has 2 aliphatic rings. The minimum absolute atomic E-state index is 0.0723. The van der Waals surface area contributed by atoms with E-state index >= 15 is 0 Å². The number of ketones is 1. The van der Waals surface area contributed by atoms with Gasteiger partial charge in [0.2, 0.25) is 0 Å². The molecule has 3 rings (SSSR count). The molecule has 1 heterocycles. The molecular formula is C24H32N2O4. The number of carbonyl (C=O) groups excluding carboxylic acids is 2. The van der Waals surface area contributed by atoms with Crippen molar-refractivity contribution >= 4 is 11.8 Å². The second-order valence-corrected chi connectivity index (χ2v) is 8.76. The number of benzene rings is 1. The van der Waals surface area contributed by atoms with Gasteiger partial charge in [0.05, 0.1) is 31.1 Å². The van der Waals surface area contributed by atoms with Gasteiger partial charge in [-0.2, -0.15) is 0 Å². The molecule has 0 saturated heterocycles. The number of carbonyl (C=O) groups is 2. The highest BCUT2D eigenvalue weighted by Crippen LogP contribution is 2.46. The zero-order valence-corrected chi connectivity index (χ0v) is 18.3. The first kappa shape index (κ1) is 22.2. The lowest BCUT2D eigenvalue weighted by molar-refractivity contribution is -0.139. The van der Waals surface area contributed by atoms with Crippen molar-refractivity contribution in [3.63, 3.8) is 0 Å². The fraction of sp³-hybridized carbons (Fsp3) is 0.500. The molecule has 0 fully saturated rings. The number of aryl methyl sites for hydroxylation is 1. The van der Waals surface area contributed by atoms with Gasteiger partial charge >= 0.3 is 5.97 Å². The summed E-state index contributed by atoms with van der Waals surface area (Å²) >= 11 is 0. The van der Waals surface area contributed by atoms with Crippen LogP contribution in [0.4, 0.5) is 0 Å². The van der Waals surface area contributed by atoms with Crippen molar-refractivity contribution in [1.82, 2.24) is 5.32 Å². The van der Waals surface area contributed by atoms with Crippen LogP contribution in [0.3, 0.4) is 0 Å². The van der Waals surface area contributed by atoms with E-state index in [0.29, 0.717) is 36.4 Å². The molecule has 0 bridgehead atoms. The molecule has 1 aromatic carbocycles. The topological polar surface area (TPSA) is 90.7 Å². The maximum absolute atomic E-state index is 13.3. The molecule has 0 aromatic heterocycles. The van der Waals surface area contributed by atoms with Crippen LogP contribution >= 0.6 is 0 Å². The van der Waals surface area contributed by atoms with Gasteiger partial charge in [-0.1, -0.05) is 43.7 Å². The van der Waals surface area contributed by atoms with E-state index in [9.17, 15) is 9.59 Å². The lowest BCUT2D eigenvalue weighted by Gasteiger charge is -2.40. The number of nitrogens with one attached hydrogen (secondary N) is 1. The summed E-state index contributed by atoms with van der Waals surface area (Å²) in [4.78, 5) is 26.3. The van der Waals surface area contributed by atoms with Crippen LogP contribution < -0.4 is 11.1 Å². The summed E-state index contributed by atoms with van der Waals surface area (Å²) in [5, 5.41) is 3.37. The Labute approximate surface area is 178 Å². The van der Waals surface area contributed by atoms with Gasteiger partial charge in [0, 0.05) is 30.2 Å². The number of rotatable bonds is 7. The van der Waals surface area contributed by atoms with Gasteiger partial charge in [-0.15, -0.1) is 0 Å². The van der Waals surface area contributed by atoms with Gasteiger partial charge in [0.25, 0.3) is 0 Å². The summed E-state index contributed by atoms with van der Waals surface area (Å²) in [6.45, 7) is 9.21. The normalized spacial score (nSPS) is 20.7. The van der Waals surface area contributed by atoms with Crippen molar-refractivity contribution in [3.8, 4) is 0 Å². The molecule has 30 heavy (non-hydrogen) atoms. The Kier molecular flexibility index (Phi) is 6.78. The van der Waals surface area contributed by atoms with Crippen LogP contribution in [0, 0.1) is 12.3 Å². The number of esters is 1. The van der Waals surface area contributed by atoms with Gasteiger partial charge in [0.15, 0.2) is 5.78 Å². The van der Waals surface area contributed by atoms with Crippen LogP contribution in [-0.4, -0.2) is 38.1 Å². The molecule has 1 aliphatic carbocycles. The summed E-state index contributed by atoms with van der Waals surface area (Å²) in [6.07, 6.45) is 1.18. The number of nitrogens with two attached hydrogens (primary N) is 1. The van der Waals surface area contributed by atoms with E-state index in [1.165, 1.54) is 0 Å². The van der Waals surface area contributed by atoms with Gasteiger partial charge in [-0.25, -0.2) is 4.79 Å². The first-order valence-electron chi connectivity index (χ1n) is 10.5. The SMILES string of the molecule is CCOC(=O)C1=C(COCCN)NC2=C(C(=O)CC(C)(C)C2)C1c1ccc(C)cc1. The molecule has 0 amide bonds. The van der Waals surface area contributed by atoms with Gasteiger partial charge in [-0.3, -0.25) is 4.79 Å². The van der Waals surface area contributed by atoms with Crippen LogP contribution in [0.5, 0.6) is 0 Å². The van der Waals surface area contributed by atoms with Crippen molar-refractivity contribution in [2.45, 2.75) is 46.5 Å². The maximum Gasteiger partial charge on any atom is 0.336 e. The molecule has 162 valence electrons. The molecule has 3 N–H and O–H groups in total. The first-order valence-corrected chi connectivity index (χ1v) is 10.5. The standard InChI is InChI=1S/C24H32N2O4/c1-5-30-23(28)22-18(14-29-11-10-25)26-17-12-24(3,4)13-19(27)21(17)20(22)16-8-6-15(2)7-9-16/h6-9,20,26H,5,10-14,25H2,1-4H3. The van der Waals surface area contributed by atoms with Crippen molar-refractivity contribution < 1.29 is 19.1 Å². The fourth-order valence-corrected chi connectivity index (χ4v) is 4.26. The quantitative estimate of drug-likeness (QED) is 0.528. The molecule has 1 aromatic rings. The number of dihydropyridines is 1. The number of allylic oxidation sites excluding steroid dienone is 2. The predicted molar refractivity (Wildman–Crippen MR) is 116 cm³/mol. The predicted octanol–water partition coefficient (Wildman–Crippen LogP) is 3.12. The third-order valence-corrected chi connectivity index (χ3v) is 5.54. The molecule has 1 atom stereocenters. The summed E-state index contributed by atoms with van der Waals surface area (Å²) in [6, 6.07) is 7.98. The Hall–Kier alpha value is -2.44. The van der Waals surface area contributed by atoms with Crippen molar-refractivity contribution in [1.29, 1.82) is 0 Å². The highest BCUT2D eigenvalue weighted by molar-refractivity contribution is 6.04. The van der Waals surface area contributed by atoms with E-state index < -0.39 is 11.9 Å². The zero-order chi connectivity index (χ0) is 21.9. The van der Waals surface area contributed by atoms with E-state index in [-0.39, 0.29) is 24.4 Å². The van der Waals surface area contributed by atoms with Crippen LogP contribution in [0.25, 0.3) is 0 Å². The third kappa shape index (κ3) is 4.65. The average molecular weight is 413 g/mol. The number of Topliss-reactive ketones (excluding diaryl/α,β-unsaturated/α-hetero) is 1. The lowest BCUT2D eigenvalue weighted by atomic mass is 9.68. The van der Waals surface area contributed by atoms with E-state index in [4.69, 9.17) is 15.2 Å². The van der Waals surface area contributed by atoms with Crippen molar-refractivity contribution in [2.24, 2.45) is 11.1 Å². The van der Waals surface area contributed by atoms with Crippen LogP contribution in [0.1, 0.15) is 50.7 Å². The molecule has 0 spiro atoms. The summed E-state index contributed by atoms with van der Waals surface area (Å²) in [5.41, 5.74) is 10.1. The molecule has 0 radical (unpaired) electrons. The number of hydrogen-bond acceptors (Lipinski definition) is 6.